The third-order valence-corrected chi connectivity index (χ3v) is 5.75. The van der Waals surface area contributed by atoms with Crippen LogP contribution in [0, 0.1) is 4.77 Å². The predicted octanol–water partition coefficient (Wildman–Crippen LogP) is 4.32. The molecule has 30 heavy (non-hydrogen) atoms. The minimum absolute atomic E-state index is 0.819. The molecule has 0 radical (unpaired) electrons. The van der Waals surface area contributed by atoms with Crippen molar-refractivity contribution in [2.75, 3.05) is 54.4 Å². The largest absolute Gasteiger partial charge is 0.309 e. The lowest BCUT2D eigenvalue weighted by Gasteiger charge is -2.24. The van der Waals surface area contributed by atoms with E-state index >= 15 is 0 Å². The summed E-state index contributed by atoms with van der Waals surface area (Å²) in [6.07, 6.45) is 2.30. The number of benzene rings is 2. The van der Waals surface area contributed by atoms with Crippen LogP contribution in [-0.2, 0) is 6.67 Å². The van der Waals surface area contributed by atoms with E-state index in [-0.39, 0.29) is 0 Å². The SMILES string of the molecule is CN(C)CCCN(CCCN(C)C)Cn1c(=S)n(-c2ccccc2)c2ccccc21. The third kappa shape index (κ3) is 5.79. The molecule has 1 heterocycles. The highest BCUT2D eigenvalue weighted by molar-refractivity contribution is 7.71. The molecule has 0 amide bonds. The fourth-order valence-corrected chi connectivity index (χ4v) is 4.21. The second kappa shape index (κ2) is 10.9. The molecule has 2 aromatic carbocycles. The van der Waals surface area contributed by atoms with Gasteiger partial charge in [-0.15, -0.1) is 0 Å². The van der Waals surface area contributed by atoms with Gasteiger partial charge in [0.2, 0.25) is 0 Å². The van der Waals surface area contributed by atoms with Crippen LogP contribution in [0.1, 0.15) is 12.8 Å². The van der Waals surface area contributed by atoms with E-state index in [1.807, 2.05) is 6.07 Å². The normalized spacial score (nSPS) is 12.0. The van der Waals surface area contributed by atoms with Crippen LogP contribution in [0.4, 0.5) is 0 Å². The number of hydrogen-bond donors (Lipinski definition) is 0. The molecular weight excluding hydrogens is 390 g/mol. The van der Waals surface area contributed by atoms with E-state index in [0.717, 1.165) is 61.7 Å². The average Bonchev–Trinajstić information content (AvgIpc) is 2.99. The van der Waals surface area contributed by atoms with Crippen molar-refractivity contribution in [3.05, 3.63) is 59.4 Å². The van der Waals surface area contributed by atoms with Gasteiger partial charge in [0.25, 0.3) is 0 Å². The standard InChI is InChI=1S/C24H35N5S/c1-25(2)16-10-18-27(19-11-17-26(3)4)20-28-22-14-8-9-15-23(22)29(24(28)30)21-12-6-5-7-13-21/h5-9,12-15H,10-11,16-20H2,1-4H3. The molecule has 0 saturated heterocycles. The first-order valence-corrected chi connectivity index (χ1v) is 11.2. The molecule has 3 rings (SSSR count). The van der Waals surface area contributed by atoms with Crippen molar-refractivity contribution in [2.24, 2.45) is 0 Å². The maximum atomic E-state index is 5.98. The van der Waals surface area contributed by atoms with Crippen LogP contribution in [0.25, 0.3) is 16.7 Å². The molecule has 0 bridgehead atoms. The van der Waals surface area contributed by atoms with Crippen molar-refractivity contribution in [3.8, 4) is 5.69 Å². The summed E-state index contributed by atoms with van der Waals surface area (Å²) in [4.78, 5) is 7.06. The van der Waals surface area contributed by atoms with E-state index in [9.17, 15) is 0 Å². The van der Waals surface area contributed by atoms with Gasteiger partial charge in [0.1, 0.15) is 0 Å². The monoisotopic (exact) mass is 425 g/mol. The lowest BCUT2D eigenvalue weighted by atomic mass is 10.3. The molecule has 0 saturated carbocycles. The van der Waals surface area contributed by atoms with Crippen molar-refractivity contribution in [1.82, 2.24) is 23.8 Å². The minimum Gasteiger partial charge on any atom is -0.309 e. The summed E-state index contributed by atoms with van der Waals surface area (Å²) in [6, 6.07) is 19.0. The van der Waals surface area contributed by atoms with Crippen LogP contribution in [-0.4, -0.2) is 78.2 Å². The molecule has 0 fully saturated rings. The van der Waals surface area contributed by atoms with E-state index in [1.165, 1.54) is 5.52 Å². The molecule has 0 aliphatic heterocycles. The highest BCUT2D eigenvalue weighted by Crippen LogP contribution is 2.23. The summed E-state index contributed by atoms with van der Waals surface area (Å²) in [5, 5.41) is 0. The number of fused-ring (bicyclic) bond motifs is 1. The van der Waals surface area contributed by atoms with E-state index in [4.69, 9.17) is 12.2 Å². The number of para-hydroxylation sites is 3. The van der Waals surface area contributed by atoms with Gasteiger partial charge in [0.05, 0.1) is 17.7 Å². The van der Waals surface area contributed by atoms with E-state index in [0.29, 0.717) is 0 Å². The molecule has 0 spiro atoms. The van der Waals surface area contributed by atoms with Gasteiger partial charge in [-0.3, -0.25) is 9.47 Å². The van der Waals surface area contributed by atoms with Crippen molar-refractivity contribution >= 4 is 23.3 Å². The van der Waals surface area contributed by atoms with Crippen LogP contribution >= 0.6 is 12.2 Å². The zero-order valence-corrected chi connectivity index (χ0v) is 19.6. The predicted molar refractivity (Wildman–Crippen MR) is 130 cm³/mol. The molecule has 0 N–H and O–H groups in total. The summed E-state index contributed by atoms with van der Waals surface area (Å²) in [5.74, 6) is 0. The third-order valence-electron chi connectivity index (χ3n) is 5.35. The van der Waals surface area contributed by atoms with Crippen molar-refractivity contribution in [3.63, 3.8) is 0 Å². The van der Waals surface area contributed by atoms with Gasteiger partial charge >= 0.3 is 0 Å². The Labute approximate surface area is 186 Å². The zero-order chi connectivity index (χ0) is 21.5. The second-order valence-electron chi connectivity index (χ2n) is 8.44. The summed E-state index contributed by atoms with van der Waals surface area (Å²) in [7, 11) is 8.56. The first-order valence-electron chi connectivity index (χ1n) is 10.7. The van der Waals surface area contributed by atoms with Gasteiger partial charge in [0, 0.05) is 18.8 Å². The van der Waals surface area contributed by atoms with Gasteiger partial charge < -0.3 is 14.4 Å². The van der Waals surface area contributed by atoms with Gasteiger partial charge in [-0.25, -0.2) is 0 Å². The van der Waals surface area contributed by atoms with Gasteiger partial charge in [-0.05, 0) is 90.6 Å². The first-order chi connectivity index (χ1) is 14.5. The van der Waals surface area contributed by atoms with Gasteiger partial charge in [-0.1, -0.05) is 30.3 Å². The fourth-order valence-electron chi connectivity index (χ4n) is 3.85. The van der Waals surface area contributed by atoms with E-state index < -0.39 is 0 Å². The average molecular weight is 426 g/mol. The Morgan fingerprint density at radius 3 is 1.80 bits per heavy atom. The maximum absolute atomic E-state index is 5.98. The highest BCUT2D eigenvalue weighted by Gasteiger charge is 2.14. The van der Waals surface area contributed by atoms with Crippen molar-refractivity contribution in [1.29, 1.82) is 0 Å². The molecule has 6 heteroatoms. The van der Waals surface area contributed by atoms with E-state index in [1.54, 1.807) is 0 Å². The zero-order valence-electron chi connectivity index (χ0n) is 18.8. The number of rotatable bonds is 11. The lowest BCUT2D eigenvalue weighted by Crippen LogP contribution is -2.32. The minimum atomic E-state index is 0.819. The number of aromatic nitrogens is 2. The maximum Gasteiger partial charge on any atom is 0.186 e. The van der Waals surface area contributed by atoms with Crippen LogP contribution in [0.2, 0.25) is 0 Å². The Hall–Kier alpha value is -1.99. The van der Waals surface area contributed by atoms with Crippen LogP contribution in [0.3, 0.4) is 0 Å². The Morgan fingerprint density at radius 2 is 1.23 bits per heavy atom. The first kappa shape index (κ1) is 22.7. The number of imidazole rings is 1. The number of hydrogen-bond acceptors (Lipinski definition) is 4. The van der Waals surface area contributed by atoms with E-state index in [2.05, 4.69) is 101 Å². The summed E-state index contributed by atoms with van der Waals surface area (Å²) >= 11 is 5.98. The second-order valence-corrected chi connectivity index (χ2v) is 8.81. The molecule has 0 aliphatic carbocycles. The number of nitrogens with zero attached hydrogens (tertiary/aromatic N) is 5. The van der Waals surface area contributed by atoms with Gasteiger partial charge in [0.15, 0.2) is 4.77 Å². The summed E-state index contributed by atoms with van der Waals surface area (Å²) < 4.78 is 5.35. The Bertz CT molecular complexity index is 960. The lowest BCUT2D eigenvalue weighted by molar-refractivity contribution is 0.198. The molecule has 3 aromatic rings. The molecule has 162 valence electrons. The molecule has 0 atom stereocenters. The Kier molecular flexibility index (Phi) is 8.22. The molecular formula is C24H35N5S. The molecule has 1 aromatic heterocycles. The quantitative estimate of drug-likeness (QED) is 0.426. The topological polar surface area (TPSA) is 19.6 Å². The molecule has 5 nitrogen and oxygen atoms in total. The smallest absolute Gasteiger partial charge is 0.186 e. The summed E-state index contributed by atoms with van der Waals surface area (Å²) in [6.45, 7) is 5.15. The van der Waals surface area contributed by atoms with Crippen LogP contribution in [0.5, 0.6) is 0 Å². The Balaban J connectivity index is 1.90. The van der Waals surface area contributed by atoms with Crippen LogP contribution < -0.4 is 0 Å². The van der Waals surface area contributed by atoms with Crippen molar-refractivity contribution in [2.45, 2.75) is 19.5 Å². The van der Waals surface area contributed by atoms with Gasteiger partial charge in [-0.2, -0.15) is 0 Å². The Morgan fingerprint density at radius 1 is 0.700 bits per heavy atom. The van der Waals surface area contributed by atoms with Crippen molar-refractivity contribution < 1.29 is 0 Å². The van der Waals surface area contributed by atoms with Crippen LogP contribution in [0.15, 0.2) is 54.6 Å². The molecule has 0 unspecified atom stereocenters. The summed E-state index contributed by atoms with van der Waals surface area (Å²) in [5.41, 5.74) is 3.47. The fraction of sp³-hybridized carbons (Fsp3) is 0.458. The molecule has 0 aliphatic rings. The highest BCUT2D eigenvalue weighted by atomic mass is 32.1.